The topological polar surface area (TPSA) is 80.3 Å². The first-order valence-corrected chi connectivity index (χ1v) is 9.60. The van der Waals surface area contributed by atoms with Crippen LogP contribution in [0.25, 0.3) is 11.3 Å². The lowest BCUT2D eigenvalue weighted by atomic mass is 10.1. The van der Waals surface area contributed by atoms with E-state index in [2.05, 4.69) is 15.6 Å². The summed E-state index contributed by atoms with van der Waals surface area (Å²) < 4.78 is 18.7. The van der Waals surface area contributed by atoms with Crippen molar-refractivity contribution in [2.24, 2.45) is 0 Å². The molecule has 0 saturated carbocycles. The van der Waals surface area contributed by atoms with E-state index in [1.807, 2.05) is 13.0 Å². The van der Waals surface area contributed by atoms with Crippen molar-refractivity contribution in [3.8, 4) is 17.0 Å². The molecule has 9 heteroatoms. The number of aromatic nitrogens is 1. The van der Waals surface area contributed by atoms with E-state index in [0.29, 0.717) is 21.3 Å². The van der Waals surface area contributed by atoms with Crippen LogP contribution in [0.5, 0.6) is 5.75 Å². The maximum atomic E-state index is 13.8. The van der Waals surface area contributed by atoms with E-state index in [4.69, 9.17) is 4.74 Å². The van der Waals surface area contributed by atoms with Gasteiger partial charge in [-0.25, -0.2) is 9.37 Å². The first-order valence-electron chi connectivity index (χ1n) is 7.90. The second-order valence-electron chi connectivity index (χ2n) is 5.53. The standard InChI is InChI=1S/C18H16FN3O3S2/c1-10-3-6-15(27-10)17(24)20-8-16(23)22-18-21-13(9-26-18)11-4-5-14(25-2)12(19)7-11/h3-7,9H,8H2,1-2H3,(H,20,24)(H,21,22,23). The van der Waals surface area contributed by atoms with Gasteiger partial charge in [0.1, 0.15) is 0 Å². The summed E-state index contributed by atoms with van der Waals surface area (Å²) in [6.45, 7) is 1.74. The van der Waals surface area contributed by atoms with Gasteiger partial charge in [0, 0.05) is 15.8 Å². The second kappa shape index (κ2) is 8.28. The number of halogens is 1. The highest BCUT2D eigenvalue weighted by Gasteiger charge is 2.13. The SMILES string of the molecule is COc1ccc(-c2csc(NC(=O)CNC(=O)c3ccc(C)s3)n2)cc1F. The molecule has 2 amide bonds. The summed E-state index contributed by atoms with van der Waals surface area (Å²) in [5.74, 6) is -1.02. The summed E-state index contributed by atoms with van der Waals surface area (Å²) in [5, 5.41) is 7.26. The monoisotopic (exact) mass is 405 g/mol. The van der Waals surface area contributed by atoms with Gasteiger partial charge in [-0.3, -0.25) is 9.59 Å². The van der Waals surface area contributed by atoms with Gasteiger partial charge >= 0.3 is 0 Å². The zero-order chi connectivity index (χ0) is 19.4. The Balaban J connectivity index is 1.58. The molecule has 27 heavy (non-hydrogen) atoms. The highest BCUT2D eigenvalue weighted by atomic mass is 32.1. The van der Waals surface area contributed by atoms with Gasteiger partial charge in [-0.15, -0.1) is 22.7 Å². The molecule has 0 saturated heterocycles. The van der Waals surface area contributed by atoms with E-state index < -0.39 is 11.7 Å². The first-order chi connectivity index (χ1) is 13.0. The largest absolute Gasteiger partial charge is 0.494 e. The van der Waals surface area contributed by atoms with E-state index in [0.717, 1.165) is 4.88 Å². The highest BCUT2D eigenvalue weighted by molar-refractivity contribution is 7.14. The lowest BCUT2D eigenvalue weighted by Crippen LogP contribution is -2.32. The summed E-state index contributed by atoms with van der Waals surface area (Å²) in [6.07, 6.45) is 0. The Morgan fingerprint density at radius 1 is 1.26 bits per heavy atom. The Kier molecular flexibility index (Phi) is 5.82. The molecule has 3 rings (SSSR count). The number of anilines is 1. The maximum Gasteiger partial charge on any atom is 0.261 e. The molecule has 1 aromatic carbocycles. The molecule has 0 aliphatic heterocycles. The number of carbonyl (C=O) groups excluding carboxylic acids is 2. The zero-order valence-corrected chi connectivity index (χ0v) is 16.2. The third-order valence-corrected chi connectivity index (χ3v) is 5.33. The van der Waals surface area contributed by atoms with Crippen LogP contribution in [0.1, 0.15) is 14.5 Å². The Labute approximate surface area is 163 Å². The molecular formula is C18H16FN3O3S2. The average molecular weight is 405 g/mol. The lowest BCUT2D eigenvalue weighted by Gasteiger charge is -2.04. The Bertz CT molecular complexity index is 984. The molecule has 0 radical (unpaired) electrons. The number of amides is 2. The second-order valence-corrected chi connectivity index (χ2v) is 7.67. The van der Waals surface area contributed by atoms with Crippen LogP contribution >= 0.6 is 22.7 Å². The first kappa shape index (κ1) is 19.0. The van der Waals surface area contributed by atoms with Crippen LogP contribution in [0, 0.1) is 12.7 Å². The predicted octanol–water partition coefficient (Wildman–Crippen LogP) is 3.70. The Hall–Kier alpha value is -2.78. The van der Waals surface area contributed by atoms with E-state index in [1.165, 1.54) is 41.9 Å². The van der Waals surface area contributed by atoms with Crippen molar-refractivity contribution in [2.75, 3.05) is 19.0 Å². The number of aryl methyl sites for hydroxylation is 1. The van der Waals surface area contributed by atoms with Crippen LogP contribution in [-0.4, -0.2) is 30.5 Å². The summed E-state index contributed by atoms with van der Waals surface area (Å²) in [7, 11) is 1.40. The molecule has 0 aliphatic carbocycles. The van der Waals surface area contributed by atoms with Gasteiger partial charge in [0.2, 0.25) is 5.91 Å². The number of nitrogens with zero attached hydrogens (tertiary/aromatic N) is 1. The van der Waals surface area contributed by atoms with E-state index in [-0.39, 0.29) is 18.2 Å². The maximum absolute atomic E-state index is 13.8. The number of hydrogen-bond donors (Lipinski definition) is 2. The smallest absolute Gasteiger partial charge is 0.261 e. The van der Waals surface area contributed by atoms with Gasteiger partial charge in [0.25, 0.3) is 5.91 Å². The molecule has 0 unspecified atom stereocenters. The molecule has 0 fully saturated rings. The Morgan fingerprint density at radius 3 is 2.74 bits per heavy atom. The van der Waals surface area contributed by atoms with E-state index in [9.17, 15) is 14.0 Å². The number of rotatable bonds is 6. The molecule has 6 nitrogen and oxygen atoms in total. The Morgan fingerprint density at radius 2 is 2.07 bits per heavy atom. The normalized spacial score (nSPS) is 10.5. The van der Waals surface area contributed by atoms with Crippen LogP contribution in [0.4, 0.5) is 9.52 Å². The molecule has 0 bridgehead atoms. The number of benzene rings is 1. The van der Waals surface area contributed by atoms with Gasteiger partial charge in [-0.1, -0.05) is 0 Å². The van der Waals surface area contributed by atoms with E-state index >= 15 is 0 Å². The van der Waals surface area contributed by atoms with Gasteiger partial charge in [-0.05, 0) is 37.3 Å². The van der Waals surface area contributed by atoms with Crippen molar-refractivity contribution in [1.29, 1.82) is 0 Å². The predicted molar refractivity (Wildman–Crippen MR) is 104 cm³/mol. The summed E-state index contributed by atoms with van der Waals surface area (Å²) in [6, 6.07) is 8.09. The fourth-order valence-corrected chi connectivity index (χ4v) is 3.78. The van der Waals surface area contributed by atoms with Crippen molar-refractivity contribution < 1.29 is 18.7 Å². The molecule has 140 valence electrons. The minimum Gasteiger partial charge on any atom is -0.494 e. The number of methoxy groups -OCH3 is 1. The molecule has 0 spiro atoms. The van der Waals surface area contributed by atoms with Gasteiger partial charge in [-0.2, -0.15) is 0 Å². The number of hydrogen-bond acceptors (Lipinski definition) is 6. The fraction of sp³-hybridized carbons (Fsp3) is 0.167. The average Bonchev–Trinajstić information content (AvgIpc) is 3.29. The van der Waals surface area contributed by atoms with Gasteiger partial charge in [0.05, 0.1) is 24.2 Å². The van der Waals surface area contributed by atoms with E-state index in [1.54, 1.807) is 17.5 Å². The van der Waals surface area contributed by atoms with Gasteiger partial charge < -0.3 is 15.4 Å². The van der Waals surface area contributed by atoms with Crippen LogP contribution in [-0.2, 0) is 4.79 Å². The van der Waals surface area contributed by atoms with Crippen molar-refractivity contribution in [2.45, 2.75) is 6.92 Å². The molecule has 0 atom stereocenters. The third-order valence-electron chi connectivity index (χ3n) is 3.57. The minimum absolute atomic E-state index is 0.152. The molecule has 2 heterocycles. The molecule has 0 aliphatic rings. The third kappa shape index (κ3) is 4.69. The van der Waals surface area contributed by atoms with Crippen molar-refractivity contribution >= 4 is 39.6 Å². The summed E-state index contributed by atoms with van der Waals surface area (Å²) in [4.78, 5) is 29.8. The number of carbonyl (C=O) groups is 2. The zero-order valence-electron chi connectivity index (χ0n) is 14.5. The van der Waals surface area contributed by atoms with Crippen LogP contribution < -0.4 is 15.4 Å². The fourth-order valence-electron chi connectivity index (χ4n) is 2.26. The molecule has 2 N–H and O–H groups in total. The van der Waals surface area contributed by atoms with Crippen LogP contribution in [0.15, 0.2) is 35.7 Å². The highest BCUT2D eigenvalue weighted by Crippen LogP contribution is 2.28. The summed E-state index contributed by atoms with van der Waals surface area (Å²) >= 11 is 2.58. The van der Waals surface area contributed by atoms with Gasteiger partial charge in [0.15, 0.2) is 16.7 Å². The molecular weight excluding hydrogens is 389 g/mol. The number of ether oxygens (including phenoxy) is 1. The van der Waals surface area contributed by atoms with Crippen LogP contribution in [0.2, 0.25) is 0 Å². The summed E-state index contributed by atoms with van der Waals surface area (Å²) in [5.41, 5.74) is 1.11. The van der Waals surface area contributed by atoms with Crippen molar-refractivity contribution in [3.63, 3.8) is 0 Å². The molecule has 2 aromatic heterocycles. The van der Waals surface area contributed by atoms with Crippen molar-refractivity contribution in [3.05, 3.63) is 51.3 Å². The minimum atomic E-state index is -0.486. The number of nitrogens with one attached hydrogen (secondary N) is 2. The quantitative estimate of drug-likeness (QED) is 0.655. The lowest BCUT2D eigenvalue weighted by molar-refractivity contribution is -0.115. The van der Waals surface area contributed by atoms with Crippen LogP contribution in [0.3, 0.4) is 0 Å². The molecule has 3 aromatic rings. The number of thiazole rings is 1. The van der Waals surface area contributed by atoms with Crippen molar-refractivity contribution in [1.82, 2.24) is 10.3 Å². The number of thiophene rings is 1.